The number of hydrogen-bond donors (Lipinski definition) is 1. The maximum absolute atomic E-state index is 5.92. The lowest BCUT2D eigenvalue weighted by Gasteiger charge is -2.27. The van der Waals surface area contributed by atoms with Crippen molar-refractivity contribution in [2.75, 3.05) is 13.2 Å². The molecular weight excluding hydrogens is 266 g/mol. The van der Waals surface area contributed by atoms with Gasteiger partial charge < -0.3 is 14.6 Å². The molecule has 21 heavy (non-hydrogen) atoms. The number of nitrogens with zero attached hydrogens (tertiary/aromatic N) is 2. The summed E-state index contributed by atoms with van der Waals surface area (Å²) in [6.45, 7) is 8.67. The van der Waals surface area contributed by atoms with Gasteiger partial charge in [-0.15, -0.1) is 0 Å². The van der Waals surface area contributed by atoms with E-state index in [0.717, 1.165) is 12.4 Å². The van der Waals surface area contributed by atoms with Crippen molar-refractivity contribution in [2.45, 2.75) is 65.5 Å². The second-order valence-electron chi connectivity index (χ2n) is 6.35. The lowest BCUT2D eigenvalue weighted by molar-refractivity contribution is -0.00145. The molecule has 1 aromatic heterocycles. The Kier molecular flexibility index (Phi) is 6.64. The van der Waals surface area contributed by atoms with Crippen LogP contribution in [0.3, 0.4) is 0 Å². The van der Waals surface area contributed by atoms with Crippen LogP contribution in [-0.4, -0.2) is 23.3 Å². The Morgan fingerprint density at radius 1 is 1.29 bits per heavy atom. The third kappa shape index (κ3) is 5.08. The zero-order chi connectivity index (χ0) is 15.1. The van der Waals surface area contributed by atoms with Crippen molar-refractivity contribution in [2.24, 2.45) is 11.8 Å². The van der Waals surface area contributed by atoms with Gasteiger partial charge in [-0.25, -0.2) is 0 Å². The van der Waals surface area contributed by atoms with Gasteiger partial charge in [-0.05, 0) is 38.1 Å². The van der Waals surface area contributed by atoms with Gasteiger partial charge in [0, 0.05) is 6.61 Å². The van der Waals surface area contributed by atoms with Gasteiger partial charge in [-0.2, -0.15) is 4.98 Å². The van der Waals surface area contributed by atoms with E-state index >= 15 is 0 Å². The molecule has 1 atom stereocenters. The predicted molar refractivity (Wildman–Crippen MR) is 81.8 cm³/mol. The molecule has 1 unspecified atom stereocenters. The number of rotatable bonds is 8. The second-order valence-corrected chi connectivity index (χ2v) is 6.35. The lowest BCUT2D eigenvalue weighted by atomic mass is 9.85. The number of hydrogen-bond acceptors (Lipinski definition) is 5. The zero-order valence-electron chi connectivity index (χ0n) is 13.6. The minimum Gasteiger partial charge on any atom is -0.370 e. The summed E-state index contributed by atoms with van der Waals surface area (Å²) >= 11 is 0. The van der Waals surface area contributed by atoms with Crippen LogP contribution in [0, 0.1) is 11.8 Å². The minimum absolute atomic E-state index is 0.00195. The summed E-state index contributed by atoms with van der Waals surface area (Å²) in [4.78, 5) is 4.54. The fourth-order valence-corrected chi connectivity index (χ4v) is 2.96. The van der Waals surface area contributed by atoms with Crippen LogP contribution in [0.2, 0.25) is 0 Å². The summed E-state index contributed by atoms with van der Waals surface area (Å²) in [5.74, 6) is 2.54. The van der Waals surface area contributed by atoms with Gasteiger partial charge in [0.05, 0.1) is 6.54 Å². The highest BCUT2D eigenvalue weighted by Crippen LogP contribution is 2.35. The van der Waals surface area contributed by atoms with Gasteiger partial charge in [0.1, 0.15) is 6.10 Å². The van der Waals surface area contributed by atoms with Crippen LogP contribution in [0.15, 0.2) is 4.52 Å². The maximum atomic E-state index is 5.92. The van der Waals surface area contributed by atoms with E-state index in [0.29, 0.717) is 30.9 Å². The second kappa shape index (κ2) is 8.49. The van der Waals surface area contributed by atoms with Crippen LogP contribution in [0.4, 0.5) is 0 Å². The first kappa shape index (κ1) is 16.4. The molecule has 1 aliphatic rings. The molecule has 1 aliphatic carbocycles. The monoisotopic (exact) mass is 295 g/mol. The molecule has 5 heteroatoms. The molecule has 5 nitrogen and oxygen atoms in total. The molecule has 1 aromatic rings. The molecule has 1 N–H and O–H groups in total. The summed E-state index contributed by atoms with van der Waals surface area (Å²) in [7, 11) is 0. The molecule has 120 valence electrons. The summed E-state index contributed by atoms with van der Waals surface area (Å²) in [6.07, 6.45) is 6.33. The summed E-state index contributed by atoms with van der Waals surface area (Å²) in [6, 6.07) is 0. The van der Waals surface area contributed by atoms with Crippen molar-refractivity contribution in [1.82, 2.24) is 15.5 Å². The Bertz CT molecular complexity index is 400. The van der Waals surface area contributed by atoms with Crippen LogP contribution in [-0.2, 0) is 11.3 Å². The van der Waals surface area contributed by atoms with E-state index < -0.39 is 0 Å². The molecule has 0 aromatic carbocycles. The van der Waals surface area contributed by atoms with Gasteiger partial charge in [-0.3, -0.25) is 0 Å². The third-order valence-corrected chi connectivity index (χ3v) is 3.99. The van der Waals surface area contributed by atoms with Crippen molar-refractivity contribution in [1.29, 1.82) is 0 Å². The summed E-state index contributed by atoms with van der Waals surface area (Å²) in [5, 5.41) is 7.48. The minimum atomic E-state index is -0.00195. The van der Waals surface area contributed by atoms with Crippen LogP contribution >= 0.6 is 0 Å². The van der Waals surface area contributed by atoms with E-state index in [1.54, 1.807) is 0 Å². The largest absolute Gasteiger partial charge is 0.370 e. The Morgan fingerprint density at radius 2 is 2.05 bits per heavy atom. The molecule has 1 saturated carbocycles. The quantitative estimate of drug-likeness (QED) is 0.795. The fraction of sp³-hybridized carbons (Fsp3) is 0.875. The Labute approximate surface area is 127 Å². The topological polar surface area (TPSA) is 60.2 Å². The molecule has 0 radical (unpaired) electrons. The van der Waals surface area contributed by atoms with Crippen molar-refractivity contribution < 1.29 is 9.26 Å². The molecule has 1 heterocycles. The molecule has 2 rings (SSSR count). The molecule has 0 amide bonds. The highest BCUT2D eigenvalue weighted by atomic mass is 16.5. The van der Waals surface area contributed by atoms with Crippen LogP contribution in [0.1, 0.15) is 70.7 Å². The molecule has 0 aliphatic heterocycles. The Balaban J connectivity index is 1.94. The maximum Gasteiger partial charge on any atom is 0.240 e. The molecule has 1 fully saturated rings. The SMILES string of the molecule is CCOC(c1noc(CNCC(C)C)n1)C1CCCCC1. The van der Waals surface area contributed by atoms with E-state index in [-0.39, 0.29) is 6.10 Å². The van der Waals surface area contributed by atoms with Crippen LogP contribution in [0.25, 0.3) is 0 Å². The molecule has 0 spiro atoms. The first-order valence-electron chi connectivity index (χ1n) is 8.35. The highest BCUT2D eigenvalue weighted by Gasteiger charge is 2.29. The first-order valence-corrected chi connectivity index (χ1v) is 8.35. The lowest BCUT2D eigenvalue weighted by Crippen LogP contribution is -2.21. The van der Waals surface area contributed by atoms with Gasteiger partial charge in [-0.1, -0.05) is 38.3 Å². The zero-order valence-corrected chi connectivity index (χ0v) is 13.6. The number of aromatic nitrogens is 2. The third-order valence-electron chi connectivity index (χ3n) is 3.99. The molecular formula is C16H29N3O2. The standard InChI is InChI=1S/C16H29N3O2/c1-4-20-15(13-8-6-5-7-9-13)16-18-14(21-19-16)11-17-10-12(2)3/h12-13,15,17H,4-11H2,1-3H3. The molecule has 0 saturated heterocycles. The summed E-state index contributed by atoms with van der Waals surface area (Å²) in [5.41, 5.74) is 0. The van der Waals surface area contributed by atoms with Gasteiger partial charge in [0.2, 0.25) is 11.7 Å². The van der Waals surface area contributed by atoms with Gasteiger partial charge >= 0.3 is 0 Å². The summed E-state index contributed by atoms with van der Waals surface area (Å²) < 4.78 is 11.3. The Morgan fingerprint density at radius 3 is 2.71 bits per heavy atom. The Hall–Kier alpha value is -0.940. The average molecular weight is 295 g/mol. The smallest absolute Gasteiger partial charge is 0.240 e. The van der Waals surface area contributed by atoms with E-state index in [1.165, 1.54) is 32.1 Å². The van der Waals surface area contributed by atoms with Crippen molar-refractivity contribution in [3.8, 4) is 0 Å². The van der Waals surface area contributed by atoms with E-state index in [2.05, 4.69) is 29.3 Å². The molecule has 0 bridgehead atoms. The van der Waals surface area contributed by atoms with Crippen molar-refractivity contribution >= 4 is 0 Å². The number of nitrogens with one attached hydrogen (secondary N) is 1. The number of ether oxygens (including phenoxy) is 1. The average Bonchev–Trinajstić information content (AvgIpc) is 2.94. The van der Waals surface area contributed by atoms with Gasteiger partial charge in [0.25, 0.3) is 0 Å². The van der Waals surface area contributed by atoms with E-state index in [1.807, 2.05) is 6.92 Å². The van der Waals surface area contributed by atoms with E-state index in [9.17, 15) is 0 Å². The van der Waals surface area contributed by atoms with E-state index in [4.69, 9.17) is 9.26 Å². The first-order chi connectivity index (χ1) is 10.2. The normalized spacial score (nSPS) is 18.3. The van der Waals surface area contributed by atoms with Crippen LogP contribution < -0.4 is 5.32 Å². The van der Waals surface area contributed by atoms with Gasteiger partial charge in [0.15, 0.2) is 0 Å². The predicted octanol–water partition coefficient (Wildman–Crippen LogP) is 3.47. The fourth-order valence-electron chi connectivity index (χ4n) is 2.96. The van der Waals surface area contributed by atoms with Crippen molar-refractivity contribution in [3.05, 3.63) is 11.7 Å². The van der Waals surface area contributed by atoms with Crippen LogP contribution in [0.5, 0.6) is 0 Å². The van der Waals surface area contributed by atoms with Crippen molar-refractivity contribution in [3.63, 3.8) is 0 Å². The highest BCUT2D eigenvalue weighted by molar-refractivity contribution is 4.95.